The fraction of sp³-hybridized carbons (Fsp3) is 0.818. The Labute approximate surface area is 96.6 Å². The molecule has 5 nitrogen and oxygen atoms in total. The van der Waals surface area contributed by atoms with Crippen molar-refractivity contribution in [2.24, 2.45) is 0 Å². The summed E-state index contributed by atoms with van der Waals surface area (Å²) in [4.78, 5) is 24.9. The highest BCUT2D eigenvalue weighted by molar-refractivity contribution is 5.86. The molecule has 0 aromatic carbocycles. The van der Waals surface area contributed by atoms with E-state index in [1.807, 2.05) is 6.92 Å². The maximum atomic E-state index is 11.6. The molecule has 1 aliphatic heterocycles. The van der Waals surface area contributed by atoms with E-state index >= 15 is 0 Å². The highest BCUT2D eigenvalue weighted by atomic mass is 16.2. The number of likely N-dealkylation sites (tertiary alicyclic amines) is 1. The summed E-state index contributed by atoms with van der Waals surface area (Å²) in [5.74, 6) is 0.0411. The second-order valence-corrected chi connectivity index (χ2v) is 4.28. The SMILES string of the molecule is CCCNC(=O)C(C)NC1CCN(C)C1=O. The lowest BCUT2D eigenvalue weighted by atomic mass is 10.2. The summed E-state index contributed by atoms with van der Waals surface area (Å²) in [6.07, 6.45) is 1.70. The van der Waals surface area contributed by atoms with Crippen LogP contribution in [0.1, 0.15) is 26.7 Å². The normalized spacial score (nSPS) is 22.3. The van der Waals surface area contributed by atoms with Crippen LogP contribution in [0, 0.1) is 0 Å². The lowest BCUT2D eigenvalue weighted by Crippen LogP contribution is -2.49. The monoisotopic (exact) mass is 227 g/mol. The van der Waals surface area contributed by atoms with E-state index in [1.165, 1.54) is 0 Å². The van der Waals surface area contributed by atoms with E-state index in [4.69, 9.17) is 0 Å². The largest absolute Gasteiger partial charge is 0.355 e. The first-order chi connectivity index (χ1) is 7.56. The zero-order valence-corrected chi connectivity index (χ0v) is 10.2. The molecule has 2 amide bonds. The van der Waals surface area contributed by atoms with Crippen LogP contribution in [-0.4, -0.2) is 48.9 Å². The molecule has 0 aromatic heterocycles. The van der Waals surface area contributed by atoms with Crippen LogP contribution in [0.25, 0.3) is 0 Å². The zero-order valence-electron chi connectivity index (χ0n) is 10.2. The second kappa shape index (κ2) is 5.84. The first-order valence-corrected chi connectivity index (χ1v) is 5.85. The van der Waals surface area contributed by atoms with Crippen molar-refractivity contribution in [1.29, 1.82) is 0 Å². The highest BCUT2D eigenvalue weighted by Crippen LogP contribution is 2.09. The summed E-state index contributed by atoms with van der Waals surface area (Å²) in [7, 11) is 1.78. The van der Waals surface area contributed by atoms with E-state index in [9.17, 15) is 9.59 Å². The number of carbonyl (C=O) groups is 2. The average Bonchev–Trinajstić information content (AvgIpc) is 2.57. The third-order valence-electron chi connectivity index (χ3n) is 2.82. The molecule has 2 N–H and O–H groups in total. The number of nitrogens with one attached hydrogen (secondary N) is 2. The maximum Gasteiger partial charge on any atom is 0.239 e. The number of likely N-dealkylation sites (N-methyl/N-ethyl adjacent to an activating group) is 1. The van der Waals surface area contributed by atoms with Crippen molar-refractivity contribution in [3.63, 3.8) is 0 Å². The summed E-state index contributed by atoms with van der Waals surface area (Å²) in [5.41, 5.74) is 0. The summed E-state index contributed by atoms with van der Waals surface area (Å²) in [5, 5.41) is 5.87. The molecule has 0 spiro atoms. The third-order valence-corrected chi connectivity index (χ3v) is 2.82. The van der Waals surface area contributed by atoms with Gasteiger partial charge in [-0.05, 0) is 19.8 Å². The molecule has 2 atom stereocenters. The van der Waals surface area contributed by atoms with Gasteiger partial charge in [-0.25, -0.2) is 0 Å². The van der Waals surface area contributed by atoms with Gasteiger partial charge in [-0.3, -0.25) is 14.9 Å². The van der Waals surface area contributed by atoms with Crippen molar-refractivity contribution >= 4 is 11.8 Å². The fourth-order valence-electron chi connectivity index (χ4n) is 1.76. The van der Waals surface area contributed by atoms with Crippen LogP contribution in [-0.2, 0) is 9.59 Å². The van der Waals surface area contributed by atoms with Crippen LogP contribution in [0.3, 0.4) is 0 Å². The van der Waals surface area contributed by atoms with Gasteiger partial charge in [0, 0.05) is 20.1 Å². The summed E-state index contributed by atoms with van der Waals surface area (Å²) in [6.45, 7) is 5.24. The van der Waals surface area contributed by atoms with Crippen LogP contribution < -0.4 is 10.6 Å². The Kier molecular flexibility index (Phi) is 4.73. The first kappa shape index (κ1) is 13.0. The molecule has 0 bridgehead atoms. The van der Waals surface area contributed by atoms with E-state index in [-0.39, 0.29) is 23.9 Å². The molecule has 2 unspecified atom stereocenters. The number of carbonyl (C=O) groups excluding carboxylic acids is 2. The van der Waals surface area contributed by atoms with Crippen molar-refractivity contribution in [2.75, 3.05) is 20.1 Å². The van der Waals surface area contributed by atoms with Gasteiger partial charge in [-0.2, -0.15) is 0 Å². The second-order valence-electron chi connectivity index (χ2n) is 4.28. The molecule has 1 aliphatic rings. The molecule has 5 heteroatoms. The van der Waals surface area contributed by atoms with Gasteiger partial charge in [0.1, 0.15) is 0 Å². The molecule has 1 fully saturated rings. The zero-order chi connectivity index (χ0) is 12.1. The summed E-state index contributed by atoms with van der Waals surface area (Å²) in [6, 6.07) is -0.514. The maximum absolute atomic E-state index is 11.6. The van der Waals surface area contributed by atoms with Gasteiger partial charge >= 0.3 is 0 Å². The Morgan fingerprint density at radius 3 is 2.81 bits per heavy atom. The number of amides is 2. The van der Waals surface area contributed by atoms with E-state index in [1.54, 1.807) is 18.9 Å². The van der Waals surface area contributed by atoms with Crippen molar-refractivity contribution in [2.45, 2.75) is 38.8 Å². The van der Waals surface area contributed by atoms with Gasteiger partial charge in [-0.1, -0.05) is 6.92 Å². The molecule has 0 saturated carbocycles. The smallest absolute Gasteiger partial charge is 0.239 e. The van der Waals surface area contributed by atoms with E-state index in [2.05, 4.69) is 10.6 Å². The minimum Gasteiger partial charge on any atom is -0.355 e. The standard InChI is InChI=1S/C11H21N3O2/c1-4-6-12-10(15)8(2)13-9-5-7-14(3)11(9)16/h8-9,13H,4-7H2,1-3H3,(H,12,15). The quantitative estimate of drug-likeness (QED) is 0.679. The number of hydrogen-bond donors (Lipinski definition) is 2. The van der Waals surface area contributed by atoms with Crippen molar-refractivity contribution in [3.05, 3.63) is 0 Å². The van der Waals surface area contributed by atoms with Crippen molar-refractivity contribution < 1.29 is 9.59 Å². The van der Waals surface area contributed by atoms with E-state index in [0.29, 0.717) is 6.54 Å². The van der Waals surface area contributed by atoms with Gasteiger partial charge in [0.15, 0.2) is 0 Å². The van der Waals surface area contributed by atoms with Crippen LogP contribution in [0.15, 0.2) is 0 Å². The van der Waals surface area contributed by atoms with Gasteiger partial charge < -0.3 is 10.2 Å². The van der Waals surface area contributed by atoms with Crippen LogP contribution >= 0.6 is 0 Å². The Bertz CT molecular complexity index is 268. The topological polar surface area (TPSA) is 61.4 Å². The van der Waals surface area contributed by atoms with Crippen molar-refractivity contribution in [3.8, 4) is 0 Å². The van der Waals surface area contributed by atoms with Gasteiger partial charge in [-0.15, -0.1) is 0 Å². The molecule has 0 aromatic rings. The molecule has 1 saturated heterocycles. The number of rotatable bonds is 5. The predicted octanol–water partition coefficient (Wildman–Crippen LogP) is -0.279. The predicted molar refractivity (Wildman–Crippen MR) is 61.9 cm³/mol. The van der Waals surface area contributed by atoms with Crippen LogP contribution in [0.4, 0.5) is 0 Å². The molecule has 1 rings (SSSR count). The van der Waals surface area contributed by atoms with Gasteiger partial charge in [0.05, 0.1) is 12.1 Å². The van der Waals surface area contributed by atoms with E-state index in [0.717, 1.165) is 19.4 Å². The number of hydrogen-bond acceptors (Lipinski definition) is 3. The average molecular weight is 227 g/mol. The van der Waals surface area contributed by atoms with Crippen molar-refractivity contribution in [1.82, 2.24) is 15.5 Å². The Hall–Kier alpha value is -1.10. The lowest BCUT2D eigenvalue weighted by Gasteiger charge is -2.18. The minimum atomic E-state index is -0.313. The summed E-state index contributed by atoms with van der Waals surface area (Å²) >= 11 is 0. The number of nitrogens with zero attached hydrogens (tertiary/aromatic N) is 1. The minimum absolute atomic E-state index is 0.0378. The molecular weight excluding hydrogens is 206 g/mol. The Balaban J connectivity index is 2.36. The van der Waals surface area contributed by atoms with Crippen LogP contribution in [0.5, 0.6) is 0 Å². The lowest BCUT2D eigenvalue weighted by molar-refractivity contribution is -0.129. The Morgan fingerprint density at radius 1 is 1.62 bits per heavy atom. The first-order valence-electron chi connectivity index (χ1n) is 5.85. The van der Waals surface area contributed by atoms with Gasteiger partial charge in [0.2, 0.25) is 11.8 Å². The highest BCUT2D eigenvalue weighted by Gasteiger charge is 2.30. The molecule has 0 radical (unpaired) electrons. The molecule has 1 heterocycles. The third kappa shape index (κ3) is 3.20. The Morgan fingerprint density at radius 2 is 2.31 bits per heavy atom. The fourth-order valence-corrected chi connectivity index (χ4v) is 1.76. The summed E-state index contributed by atoms with van der Waals surface area (Å²) < 4.78 is 0. The van der Waals surface area contributed by atoms with Gasteiger partial charge in [0.25, 0.3) is 0 Å². The molecule has 92 valence electrons. The molecular formula is C11H21N3O2. The molecule has 16 heavy (non-hydrogen) atoms. The van der Waals surface area contributed by atoms with Crippen LogP contribution in [0.2, 0.25) is 0 Å². The molecule has 0 aliphatic carbocycles. The van der Waals surface area contributed by atoms with E-state index < -0.39 is 0 Å².